The molecule has 0 atom stereocenters. The zero-order valence-corrected chi connectivity index (χ0v) is 16.9. The summed E-state index contributed by atoms with van der Waals surface area (Å²) in [7, 11) is 0. The van der Waals surface area contributed by atoms with E-state index in [0.29, 0.717) is 12.0 Å². The molecule has 2 nitrogen and oxygen atoms in total. The summed E-state index contributed by atoms with van der Waals surface area (Å²) in [5.74, 6) is 0.910. The molecule has 1 heterocycles. The van der Waals surface area contributed by atoms with Crippen molar-refractivity contribution >= 4 is 15.9 Å². The standard InChI is InChI=1S/C22H28BrNO/c1-22(2)11-14-24(15-12-22)13-10-18-8-9-21(20(23)16-18)25-17-19-6-4-3-5-7-19/h3-9,16H,10-15,17H2,1-2H3. The lowest BCUT2D eigenvalue weighted by Gasteiger charge is -2.36. The highest BCUT2D eigenvalue weighted by molar-refractivity contribution is 9.10. The summed E-state index contributed by atoms with van der Waals surface area (Å²) in [4.78, 5) is 2.60. The van der Waals surface area contributed by atoms with Crippen LogP contribution in [0.3, 0.4) is 0 Å². The minimum absolute atomic E-state index is 0.525. The lowest BCUT2D eigenvalue weighted by Crippen LogP contribution is -2.38. The Morgan fingerprint density at radius 3 is 2.40 bits per heavy atom. The number of halogens is 1. The molecule has 0 aliphatic carbocycles. The van der Waals surface area contributed by atoms with Crippen LogP contribution in [-0.4, -0.2) is 24.5 Å². The molecule has 0 aromatic heterocycles. The van der Waals surface area contributed by atoms with Crippen molar-refractivity contribution in [2.75, 3.05) is 19.6 Å². The number of hydrogen-bond donors (Lipinski definition) is 0. The van der Waals surface area contributed by atoms with Gasteiger partial charge in [0, 0.05) is 6.54 Å². The number of nitrogens with zero attached hydrogens (tertiary/aromatic N) is 1. The Morgan fingerprint density at radius 2 is 1.72 bits per heavy atom. The minimum Gasteiger partial charge on any atom is -0.488 e. The molecule has 1 aliphatic heterocycles. The molecule has 3 rings (SSSR count). The van der Waals surface area contributed by atoms with E-state index in [9.17, 15) is 0 Å². The molecule has 0 N–H and O–H groups in total. The van der Waals surface area contributed by atoms with Gasteiger partial charge in [-0.1, -0.05) is 50.2 Å². The van der Waals surface area contributed by atoms with Crippen molar-refractivity contribution < 1.29 is 4.74 Å². The molecule has 1 aliphatic rings. The van der Waals surface area contributed by atoms with Crippen LogP contribution in [0.5, 0.6) is 5.75 Å². The Morgan fingerprint density at radius 1 is 1.00 bits per heavy atom. The Balaban J connectivity index is 1.50. The average molecular weight is 402 g/mol. The number of piperidine rings is 1. The quantitative estimate of drug-likeness (QED) is 0.615. The van der Waals surface area contributed by atoms with Gasteiger partial charge in [-0.15, -0.1) is 0 Å². The maximum atomic E-state index is 5.94. The fourth-order valence-corrected chi connectivity index (χ4v) is 3.76. The topological polar surface area (TPSA) is 12.5 Å². The first kappa shape index (κ1) is 18.5. The summed E-state index contributed by atoms with van der Waals surface area (Å²) in [5.41, 5.74) is 3.08. The van der Waals surface area contributed by atoms with Crippen molar-refractivity contribution in [2.24, 2.45) is 5.41 Å². The van der Waals surface area contributed by atoms with Crippen LogP contribution in [-0.2, 0) is 13.0 Å². The number of hydrogen-bond acceptors (Lipinski definition) is 2. The van der Waals surface area contributed by atoms with Gasteiger partial charge in [0.1, 0.15) is 12.4 Å². The van der Waals surface area contributed by atoms with Crippen LogP contribution >= 0.6 is 15.9 Å². The number of likely N-dealkylation sites (tertiary alicyclic amines) is 1. The van der Waals surface area contributed by atoms with Crippen molar-refractivity contribution in [3.63, 3.8) is 0 Å². The lowest BCUT2D eigenvalue weighted by molar-refractivity contribution is 0.134. The smallest absolute Gasteiger partial charge is 0.134 e. The van der Waals surface area contributed by atoms with E-state index in [1.54, 1.807) is 0 Å². The maximum absolute atomic E-state index is 5.94. The first-order valence-electron chi connectivity index (χ1n) is 9.19. The lowest BCUT2D eigenvalue weighted by atomic mass is 9.82. The van der Waals surface area contributed by atoms with Gasteiger partial charge in [0.2, 0.25) is 0 Å². The highest BCUT2D eigenvalue weighted by Gasteiger charge is 2.24. The largest absolute Gasteiger partial charge is 0.488 e. The summed E-state index contributed by atoms with van der Waals surface area (Å²) >= 11 is 3.66. The van der Waals surface area contributed by atoms with Crippen molar-refractivity contribution in [3.8, 4) is 5.75 Å². The highest BCUT2D eigenvalue weighted by Crippen LogP contribution is 2.30. The van der Waals surface area contributed by atoms with E-state index in [0.717, 1.165) is 23.2 Å². The molecule has 0 saturated carbocycles. The molecule has 134 valence electrons. The maximum Gasteiger partial charge on any atom is 0.134 e. The third kappa shape index (κ3) is 5.58. The van der Waals surface area contributed by atoms with Crippen molar-refractivity contribution in [1.29, 1.82) is 0 Å². The van der Waals surface area contributed by atoms with E-state index in [1.165, 1.54) is 37.1 Å². The molecule has 3 heteroatoms. The molecular formula is C22H28BrNO. The molecule has 0 amide bonds. The Kier molecular flexibility index (Phi) is 6.19. The molecule has 0 unspecified atom stereocenters. The first-order chi connectivity index (χ1) is 12.0. The van der Waals surface area contributed by atoms with Crippen LogP contribution in [0.2, 0.25) is 0 Å². The predicted molar refractivity (Wildman–Crippen MR) is 108 cm³/mol. The van der Waals surface area contributed by atoms with E-state index in [2.05, 4.69) is 65.0 Å². The monoisotopic (exact) mass is 401 g/mol. The zero-order valence-electron chi connectivity index (χ0n) is 15.3. The molecule has 2 aromatic carbocycles. The Bertz CT molecular complexity index is 674. The summed E-state index contributed by atoms with van der Waals surface area (Å²) in [6, 6.07) is 16.8. The molecule has 25 heavy (non-hydrogen) atoms. The van der Waals surface area contributed by atoms with Crippen LogP contribution in [0.25, 0.3) is 0 Å². The fraction of sp³-hybridized carbons (Fsp3) is 0.455. The van der Waals surface area contributed by atoms with Gasteiger partial charge in [-0.25, -0.2) is 0 Å². The SMILES string of the molecule is CC1(C)CCN(CCc2ccc(OCc3ccccc3)c(Br)c2)CC1. The fourth-order valence-electron chi connectivity index (χ4n) is 3.22. The molecule has 2 aromatic rings. The van der Waals surface area contributed by atoms with Gasteiger partial charge in [-0.2, -0.15) is 0 Å². The number of ether oxygens (including phenoxy) is 1. The second-order valence-corrected chi connectivity index (χ2v) is 8.65. The van der Waals surface area contributed by atoms with Gasteiger partial charge in [0.05, 0.1) is 4.47 Å². The number of benzene rings is 2. The minimum atomic E-state index is 0.525. The van der Waals surface area contributed by atoms with Crippen LogP contribution in [0.1, 0.15) is 37.8 Å². The Hall–Kier alpha value is -1.32. The van der Waals surface area contributed by atoms with Gasteiger partial charge in [-0.05, 0) is 77.0 Å². The summed E-state index contributed by atoms with van der Waals surface area (Å²) in [6.45, 7) is 8.97. The van der Waals surface area contributed by atoms with Crippen LogP contribution in [0.4, 0.5) is 0 Å². The van der Waals surface area contributed by atoms with Crippen LogP contribution in [0.15, 0.2) is 53.0 Å². The van der Waals surface area contributed by atoms with Gasteiger partial charge in [0.25, 0.3) is 0 Å². The van der Waals surface area contributed by atoms with E-state index in [-0.39, 0.29) is 0 Å². The average Bonchev–Trinajstić information content (AvgIpc) is 2.61. The van der Waals surface area contributed by atoms with Crippen molar-refractivity contribution in [3.05, 3.63) is 64.1 Å². The molecule has 0 bridgehead atoms. The van der Waals surface area contributed by atoms with E-state index in [4.69, 9.17) is 4.74 Å². The van der Waals surface area contributed by atoms with E-state index in [1.807, 2.05) is 18.2 Å². The normalized spacial score (nSPS) is 17.4. The van der Waals surface area contributed by atoms with Gasteiger partial charge >= 0.3 is 0 Å². The third-order valence-electron chi connectivity index (χ3n) is 5.16. The summed E-state index contributed by atoms with van der Waals surface area (Å²) in [5, 5.41) is 0. The summed E-state index contributed by atoms with van der Waals surface area (Å²) < 4.78 is 6.98. The highest BCUT2D eigenvalue weighted by atomic mass is 79.9. The predicted octanol–water partition coefficient (Wildman–Crippen LogP) is 5.69. The van der Waals surface area contributed by atoms with Crippen LogP contribution in [0, 0.1) is 5.41 Å². The summed E-state index contributed by atoms with van der Waals surface area (Å²) in [6.07, 6.45) is 3.71. The van der Waals surface area contributed by atoms with E-state index >= 15 is 0 Å². The first-order valence-corrected chi connectivity index (χ1v) is 9.99. The van der Waals surface area contributed by atoms with Crippen molar-refractivity contribution in [2.45, 2.75) is 39.7 Å². The molecule has 1 fully saturated rings. The molecule has 0 spiro atoms. The molecular weight excluding hydrogens is 374 g/mol. The molecule has 1 saturated heterocycles. The van der Waals surface area contributed by atoms with Crippen LogP contribution < -0.4 is 4.74 Å². The number of rotatable bonds is 6. The Labute approximate surface area is 160 Å². The van der Waals surface area contributed by atoms with Gasteiger partial charge < -0.3 is 9.64 Å². The van der Waals surface area contributed by atoms with Crippen molar-refractivity contribution in [1.82, 2.24) is 4.90 Å². The van der Waals surface area contributed by atoms with Gasteiger partial charge in [0.15, 0.2) is 0 Å². The zero-order chi connectivity index (χ0) is 17.7. The second kappa shape index (κ2) is 8.37. The van der Waals surface area contributed by atoms with Gasteiger partial charge in [-0.3, -0.25) is 0 Å². The third-order valence-corrected chi connectivity index (χ3v) is 5.78. The van der Waals surface area contributed by atoms with E-state index < -0.39 is 0 Å². The molecule has 0 radical (unpaired) electrons. The second-order valence-electron chi connectivity index (χ2n) is 7.79.